The summed E-state index contributed by atoms with van der Waals surface area (Å²) in [7, 11) is 0. The fraction of sp³-hybridized carbons (Fsp3) is 0.250. The fourth-order valence-corrected chi connectivity index (χ4v) is 2.29. The van der Waals surface area contributed by atoms with E-state index in [1.54, 1.807) is 6.07 Å². The molecule has 3 aromatic heterocycles. The predicted molar refractivity (Wildman–Crippen MR) is 83.5 cm³/mol. The summed E-state index contributed by atoms with van der Waals surface area (Å²) in [5, 5.41) is 11.1. The number of pyridine rings is 2. The van der Waals surface area contributed by atoms with Crippen molar-refractivity contribution in [3.05, 3.63) is 54.1 Å². The molecule has 0 aromatic carbocycles. The van der Waals surface area contributed by atoms with E-state index in [1.807, 2.05) is 47.9 Å². The van der Waals surface area contributed by atoms with Crippen LogP contribution in [-0.4, -0.2) is 25.5 Å². The molecule has 6 nitrogen and oxygen atoms in total. The molecule has 112 valence electrons. The quantitative estimate of drug-likeness (QED) is 0.784. The van der Waals surface area contributed by atoms with Crippen LogP contribution in [0.15, 0.2) is 42.6 Å². The highest BCUT2D eigenvalue weighted by Gasteiger charge is 2.07. The number of aromatic nitrogens is 4. The van der Waals surface area contributed by atoms with E-state index in [2.05, 4.69) is 20.5 Å². The van der Waals surface area contributed by atoms with Crippen LogP contribution in [0.3, 0.4) is 0 Å². The van der Waals surface area contributed by atoms with Gasteiger partial charge in [0, 0.05) is 24.7 Å². The zero-order valence-electron chi connectivity index (χ0n) is 12.4. The predicted octanol–water partition coefficient (Wildman–Crippen LogP) is 2.39. The van der Waals surface area contributed by atoms with Crippen molar-refractivity contribution in [1.29, 1.82) is 0 Å². The Morgan fingerprint density at radius 1 is 1.18 bits per heavy atom. The van der Waals surface area contributed by atoms with Crippen molar-refractivity contribution in [3.8, 4) is 0 Å². The van der Waals surface area contributed by atoms with Gasteiger partial charge in [0.05, 0.1) is 0 Å². The number of nitrogens with zero attached hydrogens (tertiary/aromatic N) is 4. The van der Waals surface area contributed by atoms with Gasteiger partial charge < -0.3 is 5.32 Å². The molecule has 3 aromatic rings. The molecule has 22 heavy (non-hydrogen) atoms. The summed E-state index contributed by atoms with van der Waals surface area (Å²) < 4.78 is 1.94. The van der Waals surface area contributed by atoms with Gasteiger partial charge in [-0.3, -0.25) is 9.20 Å². The Labute approximate surface area is 128 Å². The molecule has 0 atom stereocenters. The monoisotopic (exact) mass is 295 g/mol. The normalized spacial score (nSPS) is 10.8. The Morgan fingerprint density at radius 3 is 2.95 bits per heavy atom. The summed E-state index contributed by atoms with van der Waals surface area (Å²) in [5.41, 5.74) is 1.71. The Bertz CT molecular complexity index is 796. The molecule has 6 heteroatoms. The average Bonchev–Trinajstić information content (AvgIpc) is 2.91. The molecule has 0 spiro atoms. The van der Waals surface area contributed by atoms with E-state index in [4.69, 9.17) is 0 Å². The van der Waals surface area contributed by atoms with E-state index in [9.17, 15) is 4.79 Å². The molecule has 0 saturated carbocycles. The first-order valence-corrected chi connectivity index (χ1v) is 7.24. The lowest BCUT2D eigenvalue weighted by molar-refractivity contribution is -0.116. The molecule has 0 aliphatic rings. The molecular formula is C16H17N5O. The third-order valence-electron chi connectivity index (χ3n) is 3.34. The van der Waals surface area contributed by atoms with Gasteiger partial charge in [0.2, 0.25) is 5.91 Å². The fourth-order valence-electron chi connectivity index (χ4n) is 2.29. The van der Waals surface area contributed by atoms with E-state index in [0.717, 1.165) is 17.2 Å². The lowest BCUT2D eigenvalue weighted by Gasteiger charge is -2.04. The molecule has 0 saturated heterocycles. The molecule has 0 unspecified atom stereocenters. The second-order valence-electron chi connectivity index (χ2n) is 5.11. The first-order valence-electron chi connectivity index (χ1n) is 7.24. The highest BCUT2D eigenvalue weighted by atomic mass is 16.1. The number of fused-ring (bicyclic) bond motifs is 1. The third kappa shape index (κ3) is 3.28. The van der Waals surface area contributed by atoms with Gasteiger partial charge in [0.1, 0.15) is 11.6 Å². The first-order chi connectivity index (χ1) is 10.7. The maximum Gasteiger partial charge on any atom is 0.225 e. The Kier molecular flexibility index (Phi) is 4.09. The number of rotatable bonds is 5. The summed E-state index contributed by atoms with van der Waals surface area (Å²) in [6.07, 6.45) is 3.78. The Morgan fingerprint density at radius 2 is 2.09 bits per heavy atom. The molecule has 0 aliphatic carbocycles. The Hall–Kier alpha value is -2.76. The van der Waals surface area contributed by atoms with Crippen LogP contribution in [0.4, 0.5) is 5.82 Å². The van der Waals surface area contributed by atoms with Crippen LogP contribution >= 0.6 is 0 Å². The minimum atomic E-state index is -0.0353. The van der Waals surface area contributed by atoms with Crippen LogP contribution in [0.25, 0.3) is 5.65 Å². The molecule has 0 aliphatic heterocycles. The van der Waals surface area contributed by atoms with Crippen molar-refractivity contribution < 1.29 is 4.79 Å². The van der Waals surface area contributed by atoms with Crippen LogP contribution in [0.2, 0.25) is 0 Å². The molecule has 1 amide bonds. The van der Waals surface area contributed by atoms with Gasteiger partial charge in [-0.15, -0.1) is 10.2 Å². The van der Waals surface area contributed by atoms with Crippen LogP contribution in [0.5, 0.6) is 0 Å². The molecule has 1 N–H and O–H groups in total. The summed E-state index contributed by atoms with van der Waals surface area (Å²) in [6.45, 7) is 1.89. The molecule has 3 rings (SSSR count). The van der Waals surface area contributed by atoms with Gasteiger partial charge in [-0.05, 0) is 37.6 Å². The zero-order valence-corrected chi connectivity index (χ0v) is 12.4. The van der Waals surface area contributed by atoms with Gasteiger partial charge >= 0.3 is 0 Å². The van der Waals surface area contributed by atoms with E-state index in [0.29, 0.717) is 25.1 Å². The minimum Gasteiger partial charge on any atom is -0.311 e. The largest absolute Gasteiger partial charge is 0.311 e. The highest BCUT2D eigenvalue weighted by molar-refractivity contribution is 5.89. The lowest BCUT2D eigenvalue weighted by Crippen LogP contribution is -2.13. The van der Waals surface area contributed by atoms with Crippen molar-refractivity contribution in [2.45, 2.75) is 26.2 Å². The standard InChI is InChI=1S/C16H17N5O/c1-12-6-4-7-13(17-12)18-16(22)10-5-9-15-20-19-14-8-2-3-11-21(14)15/h2-4,6-8,11H,5,9-10H2,1H3,(H,17,18,22). The molecular weight excluding hydrogens is 278 g/mol. The summed E-state index contributed by atoms with van der Waals surface area (Å²) in [4.78, 5) is 16.2. The molecule has 3 heterocycles. The first kappa shape index (κ1) is 14.2. The highest BCUT2D eigenvalue weighted by Crippen LogP contribution is 2.08. The van der Waals surface area contributed by atoms with Crippen molar-refractivity contribution in [3.63, 3.8) is 0 Å². The second kappa shape index (κ2) is 6.34. The number of aryl methyl sites for hydroxylation is 2. The maximum atomic E-state index is 11.9. The van der Waals surface area contributed by atoms with Crippen LogP contribution in [0, 0.1) is 6.92 Å². The van der Waals surface area contributed by atoms with Crippen molar-refractivity contribution in [2.75, 3.05) is 5.32 Å². The van der Waals surface area contributed by atoms with E-state index in [-0.39, 0.29) is 5.91 Å². The number of anilines is 1. The number of carbonyl (C=O) groups excluding carboxylic acids is 1. The number of nitrogens with one attached hydrogen (secondary N) is 1. The topological polar surface area (TPSA) is 72.2 Å². The van der Waals surface area contributed by atoms with Gasteiger partial charge in [-0.2, -0.15) is 0 Å². The number of amides is 1. The van der Waals surface area contributed by atoms with E-state index < -0.39 is 0 Å². The van der Waals surface area contributed by atoms with Gasteiger partial charge in [0.25, 0.3) is 0 Å². The number of hydrogen-bond donors (Lipinski definition) is 1. The van der Waals surface area contributed by atoms with Crippen LogP contribution < -0.4 is 5.32 Å². The third-order valence-corrected chi connectivity index (χ3v) is 3.34. The van der Waals surface area contributed by atoms with Crippen molar-refractivity contribution >= 4 is 17.4 Å². The zero-order chi connectivity index (χ0) is 15.4. The van der Waals surface area contributed by atoms with Crippen molar-refractivity contribution in [1.82, 2.24) is 19.6 Å². The van der Waals surface area contributed by atoms with Crippen LogP contribution in [-0.2, 0) is 11.2 Å². The molecule has 0 bridgehead atoms. The van der Waals surface area contributed by atoms with E-state index in [1.165, 1.54) is 0 Å². The second-order valence-corrected chi connectivity index (χ2v) is 5.11. The SMILES string of the molecule is Cc1cccc(NC(=O)CCCc2nnc3ccccn23)n1. The molecule has 0 fully saturated rings. The van der Waals surface area contributed by atoms with Gasteiger partial charge in [0.15, 0.2) is 5.65 Å². The van der Waals surface area contributed by atoms with E-state index >= 15 is 0 Å². The lowest BCUT2D eigenvalue weighted by atomic mass is 10.2. The minimum absolute atomic E-state index is 0.0353. The average molecular weight is 295 g/mol. The van der Waals surface area contributed by atoms with Crippen molar-refractivity contribution in [2.24, 2.45) is 0 Å². The van der Waals surface area contributed by atoms with Gasteiger partial charge in [-0.1, -0.05) is 12.1 Å². The molecule has 0 radical (unpaired) electrons. The Balaban J connectivity index is 1.53. The number of carbonyl (C=O) groups is 1. The van der Waals surface area contributed by atoms with Crippen LogP contribution in [0.1, 0.15) is 24.4 Å². The maximum absolute atomic E-state index is 11.9. The smallest absolute Gasteiger partial charge is 0.225 e. The van der Waals surface area contributed by atoms with Gasteiger partial charge in [-0.25, -0.2) is 4.98 Å². The summed E-state index contributed by atoms with van der Waals surface area (Å²) >= 11 is 0. The summed E-state index contributed by atoms with van der Waals surface area (Å²) in [6, 6.07) is 11.3. The summed E-state index contributed by atoms with van der Waals surface area (Å²) in [5.74, 6) is 1.43. The number of hydrogen-bond acceptors (Lipinski definition) is 4.